The van der Waals surface area contributed by atoms with E-state index in [2.05, 4.69) is 47.7 Å². The molecule has 21 heavy (non-hydrogen) atoms. The fourth-order valence-electron chi connectivity index (χ4n) is 4.32. The van der Waals surface area contributed by atoms with Crippen molar-refractivity contribution in [1.82, 2.24) is 9.55 Å². The van der Waals surface area contributed by atoms with Gasteiger partial charge in [-0.3, -0.25) is 0 Å². The van der Waals surface area contributed by atoms with Crippen molar-refractivity contribution < 1.29 is 5.11 Å². The first-order valence-electron chi connectivity index (χ1n) is 7.89. The molecule has 3 heteroatoms. The summed E-state index contributed by atoms with van der Waals surface area (Å²) in [5, 5.41) is 10.9. The second kappa shape index (κ2) is 4.44. The molecule has 2 heterocycles. The highest BCUT2D eigenvalue weighted by atomic mass is 16.3. The molecule has 0 saturated heterocycles. The van der Waals surface area contributed by atoms with Gasteiger partial charge in [0.15, 0.2) is 0 Å². The van der Waals surface area contributed by atoms with Crippen molar-refractivity contribution in [2.24, 2.45) is 11.3 Å². The first-order valence-corrected chi connectivity index (χ1v) is 7.89. The van der Waals surface area contributed by atoms with Crippen LogP contribution in [-0.4, -0.2) is 20.8 Å². The molecule has 0 spiro atoms. The molecular formula is C18H22N2O. The smallest absolute Gasteiger partial charge is 0.0956 e. The summed E-state index contributed by atoms with van der Waals surface area (Å²) in [4.78, 5) is 4.33. The molecule has 0 unspecified atom stereocenters. The summed E-state index contributed by atoms with van der Waals surface area (Å²) < 4.78 is 2.26. The van der Waals surface area contributed by atoms with Crippen molar-refractivity contribution in [2.45, 2.75) is 45.3 Å². The van der Waals surface area contributed by atoms with Crippen LogP contribution in [0.4, 0.5) is 0 Å². The molecule has 1 aromatic heterocycles. The van der Waals surface area contributed by atoms with Crippen LogP contribution in [0.3, 0.4) is 0 Å². The zero-order valence-electron chi connectivity index (χ0n) is 12.7. The Labute approximate surface area is 125 Å². The van der Waals surface area contributed by atoms with E-state index in [1.54, 1.807) is 0 Å². The Hall–Kier alpha value is -1.61. The predicted molar refractivity (Wildman–Crippen MR) is 82.9 cm³/mol. The van der Waals surface area contributed by atoms with Crippen molar-refractivity contribution in [1.29, 1.82) is 0 Å². The summed E-state index contributed by atoms with van der Waals surface area (Å²) in [5.74, 6) is 0.269. The Morgan fingerprint density at radius 1 is 1.29 bits per heavy atom. The fraction of sp³-hybridized carbons (Fsp3) is 0.500. The molecule has 1 N–H and O–H groups in total. The van der Waals surface area contributed by atoms with Gasteiger partial charge in [0, 0.05) is 11.5 Å². The lowest BCUT2D eigenvalue weighted by atomic mass is 9.66. The van der Waals surface area contributed by atoms with Crippen molar-refractivity contribution in [2.75, 3.05) is 0 Å². The van der Waals surface area contributed by atoms with Crippen LogP contribution >= 0.6 is 0 Å². The SMILES string of the molecule is CC1(C)CCC[C@@H]([C@@H]2c3ccccc3-c3cncn32)[C@H]1O. The Kier molecular flexibility index (Phi) is 2.77. The maximum atomic E-state index is 10.9. The highest BCUT2D eigenvalue weighted by molar-refractivity contribution is 5.69. The molecular weight excluding hydrogens is 260 g/mol. The number of rotatable bonds is 1. The maximum Gasteiger partial charge on any atom is 0.0956 e. The third kappa shape index (κ3) is 1.80. The molecule has 110 valence electrons. The quantitative estimate of drug-likeness (QED) is 0.867. The number of hydrogen-bond donors (Lipinski definition) is 1. The third-order valence-corrected chi connectivity index (χ3v) is 5.49. The van der Waals surface area contributed by atoms with Crippen LogP contribution in [0.1, 0.15) is 44.7 Å². The Bertz CT molecular complexity index is 673. The monoisotopic (exact) mass is 282 g/mol. The van der Waals surface area contributed by atoms with Crippen LogP contribution in [-0.2, 0) is 0 Å². The van der Waals surface area contributed by atoms with Gasteiger partial charge in [-0.15, -0.1) is 0 Å². The number of fused-ring (bicyclic) bond motifs is 3. The van der Waals surface area contributed by atoms with Crippen molar-refractivity contribution in [3.05, 3.63) is 42.4 Å². The van der Waals surface area contributed by atoms with E-state index in [-0.39, 0.29) is 23.5 Å². The van der Waals surface area contributed by atoms with Crippen molar-refractivity contribution >= 4 is 0 Å². The molecule has 2 aliphatic rings. The van der Waals surface area contributed by atoms with E-state index in [0.717, 1.165) is 12.8 Å². The van der Waals surface area contributed by atoms with Gasteiger partial charge in [0.05, 0.1) is 30.4 Å². The van der Waals surface area contributed by atoms with E-state index in [4.69, 9.17) is 0 Å². The van der Waals surface area contributed by atoms with Gasteiger partial charge in [0.2, 0.25) is 0 Å². The van der Waals surface area contributed by atoms with E-state index in [9.17, 15) is 5.11 Å². The minimum absolute atomic E-state index is 0.00119. The molecule has 1 fully saturated rings. The molecule has 0 amide bonds. The lowest BCUT2D eigenvalue weighted by Gasteiger charge is -2.43. The van der Waals surface area contributed by atoms with Gasteiger partial charge in [-0.05, 0) is 23.8 Å². The average molecular weight is 282 g/mol. The summed E-state index contributed by atoms with van der Waals surface area (Å²) in [7, 11) is 0. The number of imidazole rings is 1. The lowest BCUT2D eigenvalue weighted by Crippen LogP contribution is -2.43. The zero-order valence-corrected chi connectivity index (χ0v) is 12.7. The first-order chi connectivity index (χ1) is 10.1. The second-order valence-electron chi connectivity index (χ2n) is 7.21. The second-order valence-corrected chi connectivity index (χ2v) is 7.21. The minimum Gasteiger partial charge on any atom is -0.392 e. The van der Waals surface area contributed by atoms with Crippen LogP contribution < -0.4 is 0 Å². The van der Waals surface area contributed by atoms with Gasteiger partial charge in [-0.1, -0.05) is 44.5 Å². The van der Waals surface area contributed by atoms with Gasteiger partial charge in [0.25, 0.3) is 0 Å². The van der Waals surface area contributed by atoms with Crippen LogP contribution in [0.5, 0.6) is 0 Å². The lowest BCUT2D eigenvalue weighted by molar-refractivity contribution is -0.0443. The van der Waals surface area contributed by atoms with Crippen molar-refractivity contribution in [3.63, 3.8) is 0 Å². The van der Waals surface area contributed by atoms with Crippen LogP contribution in [0.15, 0.2) is 36.8 Å². The Morgan fingerprint density at radius 3 is 2.95 bits per heavy atom. The summed E-state index contributed by atoms with van der Waals surface area (Å²) in [6.07, 6.45) is 6.99. The zero-order chi connectivity index (χ0) is 14.6. The van der Waals surface area contributed by atoms with Crippen LogP contribution in [0, 0.1) is 11.3 Å². The highest BCUT2D eigenvalue weighted by Gasteiger charge is 2.45. The molecule has 1 aromatic carbocycles. The molecule has 3 atom stereocenters. The van der Waals surface area contributed by atoms with E-state index in [0.29, 0.717) is 0 Å². The molecule has 1 saturated carbocycles. The molecule has 1 aliphatic carbocycles. The van der Waals surface area contributed by atoms with E-state index in [1.165, 1.54) is 23.2 Å². The molecule has 2 aromatic rings. The average Bonchev–Trinajstić information content (AvgIpc) is 3.03. The predicted octanol–water partition coefficient (Wildman–Crippen LogP) is 3.64. The Morgan fingerprint density at radius 2 is 2.10 bits per heavy atom. The number of aromatic nitrogens is 2. The van der Waals surface area contributed by atoms with Gasteiger partial charge >= 0.3 is 0 Å². The standard InChI is InChI=1S/C18H22N2O/c1-18(2)9-5-8-14(17(18)21)16-13-7-4-3-6-12(13)15-10-19-11-20(15)16/h3-4,6-7,10-11,14,16-17,21H,5,8-9H2,1-2H3/t14-,16-,17+/m0/s1. The van der Waals surface area contributed by atoms with Crippen LogP contribution in [0.25, 0.3) is 11.3 Å². The normalized spacial score (nSPS) is 30.0. The molecule has 3 nitrogen and oxygen atoms in total. The maximum absolute atomic E-state index is 10.9. The Balaban J connectivity index is 1.82. The van der Waals surface area contributed by atoms with Crippen molar-refractivity contribution in [3.8, 4) is 11.3 Å². The molecule has 0 bridgehead atoms. The summed E-state index contributed by atoms with van der Waals surface area (Å²) in [6, 6.07) is 8.80. The van der Waals surface area contributed by atoms with E-state index >= 15 is 0 Å². The molecule has 4 rings (SSSR count). The number of aliphatic hydroxyl groups excluding tert-OH is 1. The summed E-state index contributed by atoms with van der Waals surface area (Å²) >= 11 is 0. The molecule has 0 radical (unpaired) electrons. The topological polar surface area (TPSA) is 38.0 Å². The molecule has 1 aliphatic heterocycles. The van der Waals surface area contributed by atoms with Crippen LogP contribution in [0.2, 0.25) is 0 Å². The number of hydrogen-bond acceptors (Lipinski definition) is 2. The van der Waals surface area contributed by atoms with E-state index in [1.807, 2.05) is 12.5 Å². The van der Waals surface area contributed by atoms with Gasteiger partial charge in [-0.2, -0.15) is 0 Å². The fourth-order valence-corrected chi connectivity index (χ4v) is 4.32. The minimum atomic E-state index is -0.266. The number of benzene rings is 1. The number of nitrogens with zero attached hydrogens (tertiary/aromatic N) is 2. The third-order valence-electron chi connectivity index (χ3n) is 5.49. The first kappa shape index (κ1) is 13.1. The van der Waals surface area contributed by atoms with E-state index < -0.39 is 0 Å². The summed E-state index contributed by atoms with van der Waals surface area (Å²) in [5.41, 5.74) is 3.81. The van der Waals surface area contributed by atoms with Gasteiger partial charge in [0.1, 0.15) is 0 Å². The van der Waals surface area contributed by atoms with Gasteiger partial charge in [-0.25, -0.2) is 4.98 Å². The summed E-state index contributed by atoms with van der Waals surface area (Å²) in [6.45, 7) is 4.39. The van der Waals surface area contributed by atoms with Gasteiger partial charge < -0.3 is 9.67 Å². The number of aliphatic hydroxyl groups is 1. The largest absolute Gasteiger partial charge is 0.392 e. The highest BCUT2D eigenvalue weighted by Crippen LogP contribution is 2.50.